The second-order valence-electron chi connectivity index (χ2n) is 3.67. The number of alkyl halides is 2. The van der Waals surface area contributed by atoms with Crippen LogP contribution in [0.2, 0.25) is 0 Å². The van der Waals surface area contributed by atoms with Gasteiger partial charge in [0, 0.05) is 0 Å². The van der Waals surface area contributed by atoms with Crippen LogP contribution in [0.25, 0.3) is 0 Å². The number of benzene rings is 1. The first-order valence-electron chi connectivity index (χ1n) is 5.36. The van der Waals surface area contributed by atoms with E-state index < -0.39 is 6.61 Å². The number of halogens is 2. The fraction of sp³-hybridized carbons (Fsp3) is 0.417. The summed E-state index contributed by atoms with van der Waals surface area (Å²) in [6, 6.07) is 6.06. The smallest absolute Gasteiger partial charge is 0.387 e. The van der Waals surface area contributed by atoms with Gasteiger partial charge in [-0.25, -0.2) is 0 Å². The number of hydrogen-bond acceptors (Lipinski definition) is 3. The van der Waals surface area contributed by atoms with Crippen molar-refractivity contribution in [2.24, 2.45) is 0 Å². The monoisotopic (exact) mass is 275 g/mol. The molecule has 0 aliphatic heterocycles. The lowest BCUT2D eigenvalue weighted by molar-refractivity contribution is -0.119. The van der Waals surface area contributed by atoms with Crippen molar-refractivity contribution < 1.29 is 18.3 Å². The lowest BCUT2D eigenvalue weighted by atomic mass is 10.1. The molecule has 1 aromatic carbocycles. The van der Waals surface area contributed by atoms with Gasteiger partial charge < -0.3 is 10.1 Å². The zero-order valence-corrected chi connectivity index (χ0v) is 11.0. The summed E-state index contributed by atoms with van der Waals surface area (Å²) in [5, 5.41) is 2.81. The van der Waals surface area contributed by atoms with Gasteiger partial charge in [0.25, 0.3) is 0 Å². The molecule has 0 saturated heterocycles. The van der Waals surface area contributed by atoms with E-state index in [-0.39, 0.29) is 17.7 Å². The Morgan fingerprint density at radius 2 is 2.00 bits per heavy atom. The molecule has 1 unspecified atom stereocenters. The van der Waals surface area contributed by atoms with E-state index in [1.54, 1.807) is 12.1 Å². The highest BCUT2D eigenvalue weighted by molar-refractivity contribution is 7.99. The number of nitrogens with one attached hydrogen (secondary N) is 1. The first kappa shape index (κ1) is 14.8. The maximum absolute atomic E-state index is 12.0. The van der Waals surface area contributed by atoms with E-state index >= 15 is 0 Å². The number of hydrogen-bond donors (Lipinski definition) is 1. The number of rotatable bonds is 6. The van der Waals surface area contributed by atoms with Crippen LogP contribution in [0, 0.1) is 0 Å². The molecule has 18 heavy (non-hydrogen) atoms. The van der Waals surface area contributed by atoms with Crippen LogP contribution in [0.1, 0.15) is 18.5 Å². The molecule has 6 heteroatoms. The van der Waals surface area contributed by atoms with Crippen molar-refractivity contribution in [3.05, 3.63) is 29.8 Å². The molecule has 1 rings (SSSR count). The van der Waals surface area contributed by atoms with Crippen LogP contribution < -0.4 is 10.1 Å². The zero-order chi connectivity index (χ0) is 13.5. The Labute approximate surface area is 109 Å². The van der Waals surface area contributed by atoms with Gasteiger partial charge in [0.05, 0.1) is 11.8 Å². The van der Waals surface area contributed by atoms with Gasteiger partial charge in [-0.15, -0.1) is 0 Å². The van der Waals surface area contributed by atoms with E-state index in [2.05, 4.69) is 10.1 Å². The van der Waals surface area contributed by atoms with Crippen molar-refractivity contribution in [1.82, 2.24) is 5.32 Å². The molecule has 3 nitrogen and oxygen atoms in total. The Morgan fingerprint density at radius 3 is 2.50 bits per heavy atom. The van der Waals surface area contributed by atoms with Gasteiger partial charge >= 0.3 is 6.61 Å². The number of thioether (sulfide) groups is 1. The van der Waals surface area contributed by atoms with Gasteiger partial charge in [0.15, 0.2) is 0 Å². The molecule has 1 aromatic rings. The Morgan fingerprint density at radius 1 is 1.39 bits per heavy atom. The summed E-state index contributed by atoms with van der Waals surface area (Å²) in [6.07, 6.45) is 1.85. The Hall–Kier alpha value is -1.30. The lowest BCUT2D eigenvalue weighted by Crippen LogP contribution is -2.28. The van der Waals surface area contributed by atoms with Crippen LogP contribution >= 0.6 is 11.8 Å². The molecule has 0 fully saturated rings. The predicted molar refractivity (Wildman–Crippen MR) is 68.0 cm³/mol. The normalized spacial score (nSPS) is 12.3. The topological polar surface area (TPSA) is 38.3 Å². The van der Waals surface area contributed by atoms with Gasteiger partial charge in [-0.1, -0.05) is 12.1 Å². The molecule has 0 aliphatic rings. The van der Waals surface area contributed by atoms with Crippen molar-refractivity contribution in [1.29, 1.82) is 0 Å². The Bertz CT molecular complexity index is 384. The molecule has 1 atom stereocenters. The molecule has 0 saturated carbocycles. The molecule has 1 amide bonds. The van der Waals surface area contributed by atoms with Crippen LogP contribution in [0.5, 0.6) is 5.75 Å². The van der Waals surface area contributed by atoms with Gasteiger partial charge in [-0.05, 0) is 30.9 Å². The number of amides is 1. The summed E-state index contributed by atoms with van der Waals surface area (Å²) < 4.78 is 28.2. The second kappa shape index (κ2) is 7.20. The van der Waals surface area contributed by atoms with Gasteiger partial charge in [-0.2, -0.15) is 20.5 Å². The van der Waals surface area contributed by atoms with Crippen molar-refractivity contribution in [2.45, 2.75) is 19.6 Å². The number of carbonyl (C=O) groups is 1. The maximum Gasteiger partial charge on any atom is 0.387 e. The van der Waals surface area contributed by atoms with E-state index in [9.17, 15) is 13.6 Å². The van der Waals surface area contributed by atoms with Gasteiger partial charge in [0.1, 0.15) is 5.75 Å². The van der Waals surface area contributed by atoms with Crippen molar-refractivity contribution >= 4 is 17.7 Å². The van der Waals surface area contributed by atoms with E-state index in [4.69, 9.17) is 0 Å². The lowest BCUT2D eigenvalue weighted by Gasteiger charge is -2.14. The molecular formula is C12H15F2NO2S. The van der Waals surface area contributed by atoms with Crippen LogP contribution in [-0.4, -0.2) is 24.5 Å². The highest BCUT2D eigenvalue weighted by Gasteiger charge is 2.10. The quantitative estimate of drug-likeness (QED) is 0.867. The Balaban J connectivity index is 2.58. The molecule has 0 heterocycles. The maximum atomic E-state index is 12.0. The fourth-order valence-corrected chi connectivity index (χ4v) is 1.78. The second-order valence-corrected chi connectivity index (χ2v) is 4.54. The molecule has 100 valence electrons. The van der Waals surface area contributed by atoms with Crippen molar-refractivity contribution in [2.75, 3.05) is 12.0 Å². The summed E-state index contributed by atoms with van der Waals surface area (Å²) in [5.41, 5.74) is 0.839. The highest BCUT2D eigenvalue weighted by atomic mass is 32.2. The van der Waals surface area contributed by atoms with Crippen LogP contribution in [-0.2, 0) is 4.79 Å². The molecular weight excluding hydrogens is 260 g/mol. The summed E-state index contributed by atoms with van der Waals surface area (Å²) in [7, 11) is 0. The number of carbonyl (C=O) groups excluding carboxylic acids is 1. The fourth-order valence-electron chi connectivity index (χ4n) is 1.44. The average molecular weight is 275 g/mol. The molecule has 0 radical (unpaired) electrons. The van der Waals surface area contributed by atoms with Crippen molar-refractivity contribution in [3.63, 3.8) is 0 Å². The summed E-state index contributed by atoms with van der Waals surface area (Å²) in [6.45, 7) is -0.990. The Kier molecular flexibility index (Phi) is 5.91. The number of ether oxygens (including phenoxy) is 1. The third kappa shape index (κ3) is 4.91. The first-order valence-corrected chi connectivity index (χ1v) is 6.75. The molecule has 0 spiro atoms. The molecule has 0 aliphatic carbocycles. The third-order valence-corrected chi connectivity index (χ3v) is 2.81. The molecule has 0 aromatic heterocycles. The third-order valence-electron chi connectivity index (χ3n) is 2.26. The summed E-state index contributed by atoms with van der Waals surface area (Å²) >= 11 is 1.44. The minimum Gasteiger partial charge on any atom is -0.435 e. The highest BCUT2D eigenvalue weighted by Crippen LogP contribution is 2.19. The van der Waals surface area contributed by atoms with E-state index in [1.807, 2.05) is 13.2 Å². The SMILES string of the molecule is CSCC(=O)NC(C)c1ccc(OC(F)F)cc1. The van der Waals surface area contributed by atoms with E-state index in [1.165, 1.54) is 23.9 Å². The molecule has 0 bridgehead atoms. The minimum absolute atomic E-state index is 0.0529. The summed E-state index contributed by atoms with van der Waals surface area (Å²) in [5.74, 6) is 0.455. The minimum atomic E-state index is -2.82. The first-order chi connectivity index (χ1) is 8.52. The van der Waals surface area contributed by atoms with E-state index in [0.717, 1.165) is 5.56 Å². The van der Waals surface area contributed by atoms with Crippen LogP contribution in [0.3, 0.4) is 0 Å². The predicted octanol–water partition coefficient (Wildman–Crippen LogP) is 2.83. The van der Waals surface area contributed by atoms with Gasteiger partial charge in [-0.3, -0.25) is 4.79 Å². The molecule has 1 N–H and O–H groups in total. The average Bonchev–Trinajstić information content (AvgIpc) is 2.29. The largest absolute Gasteiger partial charge is 0.435 e. The van der Waals surface area contributed by atoms with Crippen LogP contribution in [0.4, 0.5) is 8.78 Å². The van der Waals surface area contributed by atoms with Crippen LogP contribution in [0.15, 0.2) is 24.3 Å². The van der Waals surface area contributed by atoms with Gasteiger partial charge in [0.2, 0.25) is 5.91 Å². The zero-order valence-electron chi connectivity index (χ0n) is 10.2. The van der Waals surface area contributed by atoms with Crippen molar-refractivity contribution in [3.8, 4) is 5.75 Å². The summed E-state index contributed by atoms with van der Waals surface area (Å²) in [4.78, 5) is 11.4. The standard InChI is InChI=1S/C12H15F2NO2S/c1-8(15-11(16)7-18-2)9-3-5-10(6-4-9)17-12(13)14/h3-6,8,12H,7H2,1-2H3,(H,15,16). The van der Waals surface area contributed by atoms with E-state index in [0.29, 0.717) is 5.75 Å².